The number of nitrogens with zero attached hydrogens (tertiary/aromatic N) is 3. The van der Waals surface area contributed by atoms with Crippen molar-refractivity contribution < 1.29 is 5.11 Å². The standard InChI is InChI=1S/C11H11N3O/c1-2-9-3-5-10(6-4-9)7-14-8-12-11(15)13-14/h2-6,8H,1,7H2,(H,13,15). The van der Waals surface area contributed by atoms with Gasteiger partial charge in [-0.1, -0.05) is 36.9 Å². The van der Waals surface area contributed by atoms with E-state index in [9.17, 15) is 0 Å². The molecule has 0 atom stereocenters. The molecule has 0 saturated heterocycles. The van der Waals surface area contributed by atoms with Crippen molar-refractivity contribution >= 4 is 6.08 Å². The molecule has 4 nitrogen and oxygen atoms in total. The second-order valence-corrected chi connectivity index (χ2v) is 3.19. The highest BCUT2D eigenvalue weighted by molar-refractivity contribution is 5.47. The van der Waals surface area contributed by atoms with Crippen molar-refractivity contribution in [3.8, 4) is 6.01 Å². The second kappa shape index (κ2) is 3.96. The average Bonchev–Trinajstić information content (AvgIpc) is 2.65. The fraction of sp³-hybridized carbons (Fsp3) is 0.0909. The Balaban J connectivity index is 2.14. The largest absolute Gasteiger partial charge is 0.478 e. The van der Waals surface area contributed by atoms with E-state index in [-0.39, 0.29) is 6.01 Å². The molecule has 1 aromatic heterocycles. The van der Waals surface area contributed by atoms with Crippen LogP contribution in [0.3, 0.4) is 0 Å². The summed E-state index contributed by atoms with van der Waals surface area (Å²) in [4.78, 5) is 3.64. The van der Waals surface area contributed by atoms with E-state index in [0.717, 1.165) is 11.1 Å². The molecule has 0 aliphatic heterocycles. The number of aromatic hydroxyl groups is 1. The summed E-state index contributed by atoms with van der Waals surface area (Å²) in [5.74, 6) is 0. The monoisotopic (exact) mass is 201 g/mol. The van der Waals surface area contributed by atoms with Crippen LogP contribution in [-0.4, -0.2) is 19.9 Å². The molecule has 4 heteroatoms. The van der Waals surface area contributed by atoms with Gasteiger partial charge in [0.05, 0.1) is 6.54 Å². The minimum absolute atomic E-state index is 0.197. The maximum atomic E-state index is 8.96. The third-order valence-corrected chi connectivity index (χ3v) is 2.08. The molecule has 0 spiro atoms. The lowest BCUT2D eigenvalue weighted by Crippen LogP contribution is -1.99. The molecule has 1 N–H and O–H groups in total. The molecule has 0 aliphatic rings. The Kier molecular flexibility index (Phi) is 2.49. The van der Waals surface area contributed by atoms with E-state index in [1.54, 1.807) is 10.8 Å². The third-order valence-electron chi connectivity index (χ3n) is 2.08. The summed E-state index contributed by atoms with van der Waals surface area (Å²) in [5.41, 5.74) is 2.19. The maximum absolute atomic E-state index is 8.96. The van der Waals surface area contributed by atoms with Gasteiger partial charge >= 0.3 is 6.01 Å². The van der Waals surface area contributed by atoms with Crippen molar-refractivity contribution in [2.45, 2.75) is 6.54 Å². The second-order valence-electron chi connectivity index (χ2n) is 3.19. The van der Waals surface area contributed by atoms with Crippen LogP contribution in [0.1, 0.15) is 11.1 Å². The van der Waals surface area contributed by atoms with Crippen molar-refractivity contribution in [2.24, 2.45) is 0 Å². The molecule has 15 heavy (non-hydrogen) atoms. The molecule has 76 valence electrons. The molecule has 2 aromatic rings. The predicted molar refractivity (Wildman–Crippen MR) is 57.3 cm³/mol. The van der Waals surface area contributed by atoms with Crippen molar-refractivity contribution in [3.63, 3.8) is 0 Å². The van der Waals surface area contributed by atoms with Crippen molar-refractivity contribution in [2.75, 3.05) is 0 Å². The van der Waals surface area contributed by atoms with Crippen LogP contribution in [0.2, 0.25) is 0 Å². The molecular formula is C11H11N3O. The number of rotatable bonds is 3. The molecule has 0 unspecified atom stereocenters. The Hall–Kier alpha value is -2.10. The molecule has 0 bridgehead atoms. The van der Waals surface area contributed by atoms with Gasteiger partial charge in [0.2, 0.25) is 0 Å². The number of aromatic nitrogens is 3. The molecule has 0 aliphatic carbocycles. The predicted octanol–water partition coefficient (Wildman–Crippen LogP) is 1.68. The smallest absolute Gasteiger partial charge is 0.332 e. The Bertz CT molecular complexity index is 459. The molecule has 0 fully saturated rings. The normalized spacial score (nSPS) is 10.1. The van der Waals surface area contributed by atoms with Crippen LogP contribution in [0, 0.1) is 0 Å². The first-order valence-electron chi connectivity index (χ1n) is 4.58. The Labute approximate surface area is 87.5 Å². The van der Waals surface area contributed by atoms with Gasteiger partial charge in [-0.15, -0.1) is 5.10 Å². The molecule has 0 radical (unpaired) electrons. The summed E-state index contributed by atoms with van der Waals surface area (Å²) >= 11 is 0. The van der Waals surface area contributed by atoms with Gasteiger partial charge in [-0.25, -0.2) is 4.68 Å². The average molecular weight is 201 g/mol. The van der Waals surface area contributed by atoms with E-state index in [2.05, 4.69) is 16.7 Å². The first-order chi connectivity index (χ1) is 7.28. The zero-order valence-electron chi connectivity index (χ0n) is 8.17. The first kappa shape index (κ1) is 9.45. The Morgan fingerprint density at radius 1 is 1.33 bits per heavy atom. The van der Waals surface area contributed by atoms with Gasteiger partial charge in [0.1, 0.15) is 6.33 Å². The zero-order valence-corrected chi connectivity index (χ0v) is 8.17. The Morgan fingerprint density at radius 3 is 2.60 bits per heavy atom. The number of hydrogen-bond acceptors (Lipinski definition) is 3. The van der Waals surface area contributed by atoms with Gasteiger partial charge in [0, 0.05) is 0 Å². The highest BCUT2D eigenvalue weighted by atomic mass is 16.3. The fourth-order valence-corrected chi connectivity index (χ4v) is 1.31. The fourth-order valence-electron chi connectivity index (χ4n) is 1.31. The quantitative estimate of drug-likeness (QED) is 0.821. The van der Waals surface area contributed by atoms with E-state index in [1.165, 1.54) is 6.33 Å². The van der Waals surface area contributed by atoms with Gasteiger partial charge < -0.3 is 5.11 Å². The van der Waals surface area contributed by atoms with Crippen LogP contribution in [0.25, 0.3) is 6.08 Å². The van der Waals surface area contributed by atoms with E-state index in [0.29, 0.717) is 6.54 Å². The topological polar surface area (TPSA) is 50.9 Å². The van der Waals surface area contributed by atoms with E-state index in [4.69, 9.17) is 5.11 Å². The van der Waals surface area contributed by atoms with E-state index < -0.39 is 0 Å². The lowest BCUT2D eigenvalue weighted by atomic mass is 10.1. The van der Waals surface area contributed by atoms with Crippen LogP contribution >= 0.6 is 0 Å². The minimum atomic E-state index is -0.197. The SMILES string of the molecule is C=Cc1ccc(Cn2cnc(O)n2)cc1. The van der Waals surface area contributed by atoms with Crippen molar-refractivity contribution in [1.82, 2.24) is 14.8 Å². The van der Waals surface area contributed by atoms with Gasteiger partial charge in [-0.05, 0) is 11.1 Å². The van der Waals surface area contributed by atoms with Crippen LogP contribution < -0.4 is 0 Å². The summed E-state index contributed by atoms with van der Waals surface area (Å²) in [6, 6.07) is 7.77. The minimum Gasteiger partial charge on any atom is -0.478 e. The molecule has 0 saturated carbocycles. The summed E-state index contributed by atoms with van der Waals surface area (Å²) < 4.78 is 1.58. The molecular weight excluding hydrogens is 190 g/mol. The number of hydrogen-bond donors (Lipinski definition) is 1. The van der Waals surface area contributed by atoms with E-state index in [1.807, 2.05) is 24.3 Å². The lowest BCUT2D eigenvalue weighted by Gasteiger charge is -2.01. The summed E-state index contributed by atoms with van der Waals surface area (Å²) in [6.07, 6.45) is 3.29. The van der Waals surface area contributed by atoms with Crippen LogP contribution in [0.15, 0.2) is 37.2 Å². The molecule has 1 aromatic carbocycles. The maximum Gasteiger partial charge on any atom is 0.332 e. The van der Waals surface area contributed by atoms with Crippen LogP contribution in [0.4, 0.5) is 0 Å². The highest BCUT2D eigenvalue weighted by Gasteiger charge is 1.98. The van der Waals surface area contributed by atoms with Gasteiger partial charge in [0.15, 0.2) is 0 Å². The van der Waals surface area contributed by atoms with Gasteiger partial charge in [0.25, 0.3) is 0 Å². The van der Waals surface area contributed by atoms with Crippen molar-refractivity contribution in [3.05, 3.63) is 48.3 Å². The summed E-state index contributed by atoms with van der Waals surface area (Å²) in [6.45, 7) is 4.29. The Morgan fingerprint density at radius 2 is 2.07 bits per heavy atom. The summed E-state index contributed by atoms with van der Waals surface area (Å²) in [5, 5.41) is 12.7. The van der Waals surface area contributed by atoms with Gasteiger partial charge in [-0.3, -0.25) is 0 Å². The first-order valence-corrected chi connectivity index (χ1v) is 4.58. The molecule has 2 rings (SSSR count). The molecule has 1 heterocycles. The third kappa shape index (κ3) is 2.22. The van der Waals surface area contributed by atoms with E-state index >= 15 is 0 Å². The highest BCUT2D eigenvalue weighted by Crippen LogP contribution is 2.07. The van der Waals surface area contributed by atoms with Crippen LogP contribution in [-0.2, 0) is 6.54 Å². The summed E-state index contributed by atoms with van der Waals surface area (Å²) in [7, 11) is 0. The van der Waals surface area contributed by atoms with Crippen molar-refractivity contribution in [1.29, 1.82) is 0 Å². The number of benzene rings is 1. The lowest BCUT2D eigenvalue weighted by molar-refractivity contribution is 0.425. The van der Waals surface area contributed by atoms with Gasteiger partial charge in [-0.2, -0.15) is 4.98 Å². The van der Waals surface area contributed by atoms with Crippen LogP contribution in [0.5, 0.6) is 6.01 Å². The zero-order chi connectivity index (χ0) is 10.7. The molecule has 0 amide bonds.